The minimum Gasteiger partial charge on any atom is -0.497 e. The number of ether oxygens (including phenoxy) is 1. The van der Waals surface area contributed by atoms with Gasteiger partial charge in [-0.2, -0.15) is 0 Å². The molecule has 18 heavy (non-hydrogen) atoms. The van der Waals surface area contributed by atoms with E-state index in [1.807, 2.05) is 25.1 Å². The molecule has 1 aromatic carbocycles. The van der Waals surface area contributed by atoms with E-state index in [0.717, 1.165) is 36.3 Å². The second-order valence-corrected chi connectivity index (χ2v) is 4.81. The van der Waals surface area contributed by atoms with Crippen LogP contribution in [0.5, 0.6) is 5.75 Å². The Bertz CT molecular complexity index is 445. The Morgan fingerprint density at radius 2 is 2.28 bits per heavy atom. The zero-order valence-electron chi connectivity index (χ0n) is 10.9. The van der Waals surface area contributed by atoms with Crippen molar-refractivity contribution in [3.05, 3.63) is 29.3 Å². The summed E-state index contributed by atoms with van der Waals surface area (Å²) in [6.45, 7) is 2.96. The van der Waals surface area contributed by atoms with Gasteiger partial charge < -0.3 is 15.8 Å². The second-order valence-electron chi connectivity index (χ2n) is 4.81. The fourth-order valence-electron chi connectivity index (χ4n) is 2.65. The average Bonchev–Trinajstić information content (AvgIpc) is 2.38. The SMILES string of the molecule is COc1ccc(C2NCCCC2C(N)=O)c(C)c1. The lowest BCUT2D eigenvalue weighted by Gasteiger charge is -2.32. The molecule has 1 heterocycles. The first-order valence-corrected chi connectivity index (χ1v) is 6.30. The van der Waals surface area contributed by atoms with Crippen molar-refractivity contribution in [1.82, 2.24) is 5.32 Å². The van der Waals surface area contributed by atoms with E-state index in [9.17, 15) is 4.79 Å². The number of methoxy groups -OCH3 is 1. The quantitative estimate of drug-likeness (QED) is 0.852. The largest absolute Gasteiger partial charge is 0.497 e. The van der Waals surface area contributed by atoms with Gasteiger partial charge >= 0.3 is 0 Å². The fraction of sp³-hybridized carbons (Fsp3) is 0.500. The molecule has 1 amide bonds. The van der Waals surface area contributed by atoms with Gasteiger partial charge in [0.2, 0.25) is 5.91 Å². The van der Waals surface area contributed by atoms with Gasteiger partial charge in [0, 0.05) is 6.04 Å². The first-order chi connectivity index (χ1) is 8.63. The van der Waals surface area contributed by atoms with E-state index in [1.165, 1.54) is 0 Å². The van der Waals surface area contributed by atoms with Crippen molar-refractivity contribution in [2.24, 2.45) is 11.7 Å². The van der Waals surface area contributed by atoms with Gasteiger partial charge in [0.15, 0.2) is 0 Å². The topological polar surface area (TPSA) is 64.3 Å². The molecule has 0 bridgehead atoms. The van der Waals surface area contributed by atoms with Crippen LogP contribution in [0.1, 0.15) is 30.0 Å². The van der Waals surface area contributed by atoms with E-state index in [2.05, 4.69) is 5.32 Å². The van der Waals surface area contributed by atoms with Crippen LogP contribution in [0.25, 0.3) is 0 Å². The van der Waals surface area contributed by atoms with E-state index in [-0.39, 0.29) is 17.9 Å². The molecule has 0 aliphatic carbocycles. The van der Waals surface area contributed by atoms with Gasteiger partial charge in [-0.15, -0.1) is 0 Å². The highest BCUT2D eigenvalue weighted by Gasteiger charge is 2.31. The fourth-order valence-corrected chi connectivity index (χ4v) is 2.65. The number of carbonyl (C=O) groups is 1. The Balaban J connectivity index is 2.31. The van der Waals surface area contributed by atoms with Crippen LogP contribution in [0.3, 0.4) is 0 Å². The molecule has 1 aliphatic heterocycles. The van der Waals surface area contributed by atoms with Crippen LogP contribution < -0.4 is 15.8 Å². The number of rotatable bonds is 3. The molecule has 3 N–H and O–H groups in total. The summed E-state index contributed by atoms with van der Waals surface area (Å²) in [5.41, 5.74) is 7.76. The van der Waals surface area contributed by atoms with Gasteiger partial charge in [-0.05, 0) is 49.6 Å². The van der Waals surface area contributed by atoms with Crippen LogP contribution >= 0.6 is 0 Å². The summed E-state index contributed by atoms with van der Waals surface area (Å²) in [4.78, 5) is 11.5. The Labute approximate surface area is 108 Å². The van der Waals surface area contributed by atoms with Gasteiger partial charge in [0.05, 0.1) is 13.0 Å². The molecule has 1 fully saturated rings. The number of aryl methyl sites for hydroxylation is 1. The average molecular weight is 248 g/mol. The number of primary amides is 1. The van der Waals surface area contributed by atoms with E-state index in [1.54, 1.807) is 7.11 Å². The molecule has 4 heteroatoms. The standard InChI is InChI=1S/C14H20N2O2/c1-9-8-10(18-2)5-6-11(9)13-12(14(15)17)4-3-7-16-13/h5-6,8,12-13,16H,3-4,7H2,1-2H3,(H2,15,17). The minimum absolute atomic E-state index is 0.0298. The van der Waals surface area contributed by atoms with Crippen molar-refractivity contribution >= 4 is 5.91 Å². The number of nitrogens with two attached hydrogens (primary N) is 1. The van der Waals surface area contributed by atoms with Gasteiger partial charge in [-0.1, -0.05) is 6.07 Å². The predicted octanol–water partition coefficient (Wildman–Crippen LogP) is 1.53. The summed E-state index contributed by atoms with van der Waals surface area (Å²) in [7, 11) is 1.65. The van der Waals surface area contributed by atoms with Crippen LogP contribution in [0.4, 0.5) is 0 Å². The molecule has 0 aromatic heterocycles. The lowest BCUT2D eigenvalue weighted by molar-refractivity contribution is -0.123. The Morgan fingerprint density at radius 3 is 2.89 bits per heavy atom. The number of piperidine rings is 1. The summed E-state index contributed by atoms with van der Waals surface area (Å²) in [5.74, 6) is 0.496. The zero-order valence-corrected chi connectivity index (χ0v) is 10.9. The predicted molar refractivity (Wildman–Crippen MR) is 70.4 cm³/mol. The highest BCUT2D eigenvalue weighted by Crippen LogP contribution is 2.32. The molecule has 2 rings (SSSR count). The maximum Gasteiger partial charge on any atom is 0.222 e. The Morgan fingerprint density at radius 1 is 1.50 bits per heavy atom. The van der Waals surface area contributed by atoms with Crippen molar-refractivity contribution in [2.45, 2.75) is 25.8 Å². The first kappa shape index (κ1) is 12.9. The van der Waals surface area contributed by atoms with Crippen LogP contribution in [0.15, 0.2) is 18.2 Å². The van der Waals surface area contributed by atoms with Crippen molar-refractivity contribution < 1.29 is 9.53 Å². The van der Waals surface area contributed by atoms with Crippen molar-refractivity contribution in [3.8, 4) is 5.75 Å². The molecule has 2 atom stereocenters. The van der Waals surface area contributed by atoms with Crippen LogP contribution in [0.2, 0.25) is 0 Å². The maximum atomic E-state index is 11.5. The van der Waals surface area contributed by atoms with Gasteiger partial charge in [-0.25, -0.2) is 0 Å². The van der Waals surface area contributed by atoms with Crippen LogP contribution in [-0.4, -0.2) is 19.6 Å². The van der Waals surface area contributed by atoms with Crippen molar-refractivity contribution in [1.29, 1.82) is 0 Å². The lowest BCUT2D eigenvalue weighted by Crippen LogP contribution is -2.41. The highest BCUT2D eigenvalue weighted by molar-refractivity contribution is 5.78. The summed E-state index contributed by atoms with van der Waals surface area (Å²) in [6, 6.07) is 5.97. The maximum absolute atomic E-state index is 11.5. The van der Waals surface area contributed by atoms with Crippen molar-refractivity contribution in [3.63, 3.8) is 0 Å². The van der Waals surface area contributed by atoms with Gasteiger partial charge in [0.1, 0.15) is 5.75 Å². The summed E-state index contributed by atoms with van der Waals surface area (Å²) in [5, 5.41) is 3.40. The number of hydrogen-bond donors (Lipinski definition) is 2. The smallest absolute Gasteiger partial charge is 0.222 e. The molecule has 1 aliphatic rings. The first-order valence-electron chi connectivity index (χ1n) is 6.30. The number of nitrogens with one attached hydrogen (secondary N) is 1. The highest BCUT2D eigenvalue weighted by atomic mass is 16.5. The van der Waals surface area contributed by atoms with Crippen molar-refractivity contribution in [2.75, 3.05) is 13.7 Å². The number of amides is 1. The van der Waals surface area contributed by atoms with E-state index < -0.39 is 0 Å². The van der Waals surface area contributed by atoms with E-state index in [0.29, 0.717) is 0 Å². The van der Waals surface area contributed by atoms with E-state index >= 15 is 0 Å². The molecule has 4 nitrogen and oxygen atoms in total. The van der Waals surface area contributed by atoms with Crippen LogP contribution in [-0.2, 0) is 4.79 Å². The summed E-state index contributed by atoms with van der Waals surface area (Å²) < 4.78 is 5.20. The second kappa shape index (κ2) is 5.40. The molecule has 1 saturated heterocycles. The van der Waals surface area contributed by atoms with Gasteiger partial charge in [0.25, 0.3) is 0 Å². The van der Waals surface area contributed by atoms with Crippen LogP contribution in [0, 0.1) is 12.8 Å². The third-order valence-corrected chi connectivity index (χ3v) is 3.64. The molecule has 0 radical (unpaired) electrons. The molecule has 0 spiro atoms. The molecular formula is C14H20N2O2. The molecule has 0 saturated carbocycles. The lowest BCUT2D eigenvalue weighted by atomic mass is 9.84. The molecule has 98 valence electrons. The minimum atomic E-state index is -0.220. The number of carbonyl (C=O) groups excluding carboxylic acids is 1. The Hall–Kier alpha value is -1.55. The Kier molecular flexibility index (Phi) is 3.87. The third-order valence-electron chi connectivity index (χ3n) is 3.64. The zero-order chi connectivity index (χ0) is 13.1. The molecule has 1 aromatic rings. The molecular weight excluding hydrogens is 228 g/mol. The number of benzene rings is 1. The monoisotopic (exact) mass is 248 g/mol. The number of hydrogen-bond acceptors (Lipinski definition) is 3. The summed E-state index contributed by atoms with van der Waals surface area (Å²) in [6.07, 6.45) is 1.86. The normalized spacial score (nSPS) is 23.7. The third kappa shape index (κ3) is 2.48. The van der Waals surface area contributed by atoms with Gasteiger partial charge in [-0.3, -0.25) is 4.79 Å². The molecule has 2 unspecified atom stereocenters. The summed E-state index contributed by atoms with van der Waals surface area (Å²) >= 11 is 0. The van der Waals surface area contributed by atoms with E-state index in [4.69, 9.17) is 10.5 Å².